The van der Waals surface area contributed by atoms with Crippen molar-refractivity contribution in [3.63, 3.8) is 0 Å². The lowest BCUT2D eigenvalue weighted by molar-refractivity contribution is 0.264. The first-order valence-corrected chi connectivity index (χ1v) is 8.76. The summed E-state index contributed by atoms with van der Waals surface area (Å²) in [7, 11) is -1.28. The van der Waals surface area contributed by atoms with E-state index in [0.29, 0.717) is 24.1 Å². The fourth-order valence-electron chi connectivity index (χ4n) is 2.19. The normalized spacial score (nSPS) is 12.7. The summed E-state index contributed by atoms with van der Waals surface area (Å²) in [4.78, 5) is 6.67. The van der Waals surface area contributed by atoms with E-state index in [1.165, 1.54) is 6.26 Å². The van der Waals surface area contributed by atoms with Gasteiger partial charge >= 0.3 is 0 Å². The summed E-state index contributed by atoms with van der Waals surface area (Å²) in [5.74, 6) is 0.346. The molecule has 0 aliphatic rings. The second-order valence-corrected chi connectivity index (χ2v) is 7.58. The lowest BCUT2D eigenvalue weighted by Gasteiger charge is -2.21. The van der Waals surface area contributed by atoms with Gasteiger partial charge in [0.1, 0.15) is 5.52 Å². The number of hydrogen-bond donors (Lipinski definition) is 1. The summed E-state index contributed by atoms with van der Waals surface area (Å²) in [5.41, 5.74) is 7.17. The van der Waals surface area contributed by atoms with Crippen molar-refractivity contribution in [1.29, 1.82) is 0 Å². The molecule has 0 saturated carbocycles. The van der Waals surface area contributed by atoms with E-state index >= 15 is 0 Å². The number of anilines is 1. The van der Waals surface area contributed by atoms with Crippen LogP contribution in [-0.4, -0.2) is 48.8 Å². The van der Waals surface area contributed by atoms with Gasteiger partial charge in [0.15, 0.2) is 9.84 Å². The molecule has 0 aliphatic carbocycles. The number of rotatable bonds is 5. The van der Waals surface area contributed by atoms with Crippen LogP contribution in [-0.2, 0) is 16.4 Å². The molecule has 2 rings (SSSR count). The molecule has 2 aromatic rings. The van der Waals surface area contributed by atoms with Crippen LogP contribution in [0.4, 0.5) is 5.95 Å². The highest BCUT2D eigenvalue weighted by molar-refractivity contribution is 7.91. The van der Waals surface area contributed by atoms with Crippen molar-refractivity contribution in [3.8, 4) is 0 Å². The SMILES string of the molecule is CC(C)N(C)CCn1c(N)nc2c(S(C)(=O)=O)cccc21. The van der Waals surface area contributed by atoms with E-state index in [1.807, 2.05) is 17.7 Å². The van der Waals surface area contributed by atoms with Crippen LogP contribution >= 0.6 is 0 Å². The van der Waals surface area contributed by atoms with Gasteiger partial charge in [0.05, 0.1) is 10.4 Å². The Bertz CT molecular complexity index is 750. The smallest absolute Gasteiger partial charge is 0.201 e. The lowest BCUT2D eigenvalue weighted by atomic mass is 10.3. The predicted octanol–water partition coefficient (Wildman–Crippen LogP) is 1.36. The van der Waals surface area contributed by atoms with E-state index in [9.17, 15) is 8.42 Å². The second kappa shape index (κ2) is 5.65. The van der Waals surface area contributed by atoms with Crippen LogP contribution in [0.25, 0.3) is 11.0 Å². The van der Waals surface area contributed by atoms with Gasteiger partial charge in [-0.05, 0) is 33.0 Å². The summed E-state index contributed by atoms with van der Waals surface area (Å²) in [6.45, 7) is 5.73. The highest BCUT2D eigenvalue weighted by atomic mass is 32.2. The van der Waals surface area contributed by atoms with Crippen molar-refractivity contribution in [2.24, 2.45) is 0 Å². The van der Waals surface area contributed by atoms with Crippen LogP contribution in [0.5, 0.6) is 0 Å². The first-order chi connectivity index (χ1) is 9.71. The molecule has 0 saturated heterocycles. The zero-order valence-electron chi connectivity index (χ0n) is 12.9. The number of benzene rings is 1. The highest BCUT2D eigenvalue weighted by Gasteiger charge is 2.17. The van der Waals surface area contributed by atoms with Gasteiger partial charge in [0, 0.05) is 25.4 Å². The minimum atomic E-state index is -3.32. The van der Waals surface area contributed by atoms with Crippen LogP contribution in [0, 0.1) is 0 Å². The lowest BCUT2D eigenvalue weighted by Crippen LogP contribution is -2.29. The van der Waals surface area contributed by atoms with Gasteiger partial charge in [-0.1, -0.05) is 6.07 Å². The molecule has 1 aromatic heterocycles. The second-order valence-electron chi connectivity index (χ2n) is 5.59. The van der Waals surface area contributed by atoms with Crippen molar-refractivity contribution in [2.75, 3.05) is 25.6 Å². The van der Waals surface area contributed by atoms with E-state index in [4.69, 9.17) is 5.73 Å². The van der Waals surface area contributed by atoms with Gasteiger partial charge in [-0.3, -0.25) is 0 Å². The minimum Gasteiger partial charge on any atom is -0.369 e. The van der Waals surface area contributed by atoms with E-state index in [0.717, 1.165) is 12.1 Å². The quantitative estimate of drug-likeness (QED) is 0.902. The number of fused-ring (bicyclic) bond motifs is 1. The van der Waals surface area contributed by atoms with Gasteiger partial charge < -0.3 is 15.2 Å². The van der Waals surface area contributed by atoms with Crippen molar-refractivity contribution < 1.29 is 8.42 Å². The Kier molecular flexibility index (Phi) is 4.25. The zero-order valence-corrected chi connectivity index (χ0v) is 13.7. The standard InChI is InChI=1S/C14H22N4O2S/c1-10(2)17(3)8-9-18-11-6-5-7-12(21(4,19)20)13(11)16-14(18)15/h5-7,10H,8-9H2,1-4H3,(H2,15,16). The molecule has 1 heterocycles. The third-order valence-electron chi connectivity index (χ3n) is 3.73. The number of imidazole rings is 1. The van der Waals surface area contributed by atoms with Crippen LogP contribution in [0.2, 0.25) is 0 Å². The first kappa shape index (κ1) is 15.8. The summed E-state index contributed by atoms with van der Waals surface area (Å²) < 4.78 is 25.5. The number of sulfone groups is 1. The van der Waals surface area contributed by atoms with E-state index < -0.39 is 9.84 Å². The number of nitrogen functional groups attached to an aromatic ring is 1. The number of para-hydroxylation sites is 1. The average Bonchev–Trinajstić information content (AvgIpc) is 2.69. The Hall–Kier alpha value is -1.60. The Morgan fingerprint density at radius 1 is 1.38 bits per heavy atom. The molecule has 7 heteroatoms. The molecule has 1 aromatic carbocycles. The number of likely N-dealkylation sites (N-methyl/N-ethyl adjacent to an activating group) is 1. The molecular weight excluding hydrogens is 288 g/mol. The number of nitrogens with zero attached hydrogens (tertiary/aromatic N) is 3. The topological polar surface area (TPSA) is 81.2 Å². The van der Waals surface area contributed by atoms with Crippen molar-refractivity contribution in [2.45, 2.75) is 31.3 Å². The van der Waals surface area contributed by atoms with Crippen LogP contribution in [0.3, 0.4) is 0 Å². The van der Waals surface area contributed by atoms with Crippen molar-refractivity contribution >= 4 is 26.8 Å². The third kappa shape index (κ3) is 3.19. The Labute approximate surface area is 125 Å². The largest absolute Gasteiger partial charge is 0.369 e. The third-order valence-corrected chi connectivity index (χ3v) is 4.86. The molecular formula is C14H22N4O2S. The summed E-state index contributed by atoms with van der Waals surface area (Å²) in [5, 5.41) is 0. The van der Waals surface area contributed by atoms with Crippen LogP contribution in [0.15, 0.2) is 23.1 Å². The first-order valence-electron chi connectivity index (χ1n) is 6.87. The van der Waals surface area contributed by atoms with Crippen molar-refractivity contribution in [1.82, 2.24) is 14.5 Å². The van der Waals surface area contributed by atoms with Gasteiger partial charge in [-0.2, -0.15) is 0 Å². The fraction of sp³-hybridized carbons (Fsp3) is 0.500. The van der Waals surface area contributed by atoms with Crippen LogP contribution in [0.1, 0.15) is 13.8 Å². The predicted molar refractivity (Wildman–Crippen MR) is 85.0 cm³/mol. The number of aromatic nitrogens is 2. The molecule has 6 nitrogen and oxygen atoms in total. The maximum Gasteiger partial charge on any atom is 0.201 e. The Morgan fingerprint density at radius 2 is 2.05 bits per heavy atom. The van der Waals surface area contributed by atoms with Crippen LogP contribution < -0.4 is 5.73 Å². The monoisotopic (exact) mass is 310 g/mol. The molecule has 0 amide bonds. The molecule has 0 radical (unpaired) electrons. The number of hydrogen-bond acceptors (Lipinski definition) is 5. The van der Waals surface area contributed by atoms with Crippen molar-refractivity contribution in [3.05, 3.63) is 18.2 Å². The van der Waals surface area contributed by atoms with Gasteiger partial charge in [-0.15, -0.1) is 0 Å². The summed E-state index contributed by atoms with van der Waals surface area (Å²) >= 11 is 0. The summed E-state index contributed by atoms with van der Waals surface area (Å²) in [6, 6.07) is 5.58. The Morgan fingerprint density at radius 3 is 2.62 bits per heavy atom. The molecule has 0 atom stereocenters. The maximum absolute atomic E-state index is 11.8. The molecule has 0 fully saturated rings. The zero-order chi connectivity index (χ0) is 15.8. The molecule has 0 aliphatic heterocycles. The minimum absolute atomic E-state index is 0.225. The van der Waals surface area contributed by atoms with E-state index in [2.05, 4.69) is 23.7 Å². The molecule has 0 unspecified atom stereocenters. The molecule has 116 valence electrons. The molecule has 0 bridgehead atoms. The molecule has 2 N–H and O–H groups in total. The molecule has 0 spiro atoms. The van der Waals surface area contributed by atoms with Gasteiger partial charge in [-0.25, -0.2) is 13.4 Å². The van der Waals surface area contributed by atoms with Gasteiger partial charge in [0.2, 0.25) is 5.95 Å². The Balaban J connectivity index is 2.45. The molecule has 21 heavy (non-hydrogen) atoms. The maximum atomic E-state index is 11.8. The van der Waals surface area contributed by atoms with E-state index in [1.54, 1.807) is 12.1 Å². The highest BCUT2D eigenvalue weighted by Crippen LogP contribution is 2.24. The number of nitrogens with two attached hydrogens (primary N) is 1. The summed E-state index contributed by atoms with van der Waals surface area (Å²) in [6.07, 6.45) is 1.18. The fourth-order valence-corrected chi connectivity index (χ4v) is 3.02. The van der Waals surface area contributed by atoms with Gasteiger partial charge in [0.25, 0.3) is 0 Å². The average molecular weight is 310 g/mol. The van der Waals surface area contributed by atoms with E-state index in [-0.39, 0.29) is 4.90 Å².